The minimum absolute atomic E-state index is 0.0674. The summed E-state index contributed by atoms with van der Waals surface area (Å²) < 4.78 is 0. The Morgan fingerprint density at radius 1 is 1.38 bits per heavy atom. The normalized spacial score (nSPS) is 25.8. The second-order valence-corrected chi connectivity index (χ2v) is 4.85. The van der Waals surface area contributed by atoms with Gasteiger partial charge in [-0.2, -0.15) is 5.26 Å². The van der Waals surface area contributed by atoms with Gasteiger partial charge in [0.05, 0.1) is 17.6 Å². The van der Waals surface area contributed by atoms with Crippen LogP contribution in [0.4, 0.5) is 0 Å². The molecule has 1 aromatic carbocycles. The highest BCUT2D eigenvalue weighted by Gasteiger charge is 2.62. The van der Waals surface area contributed by atoms with Crippen molar-refractivity contribution in [2.45, 2.75) is 19.8 Å². The van der Waals surface area contributed by atoms with Gasteiger partial charge in [0, 0.05) is 5.92 Å². The van der Waals surface area contributed by atoms with Gasteiger partial charge in [-0.1, -0.05) is 26.0 Å². The van der Waals surface area contributed by atoms with E-state index in [-0.39, 0.29) is 17.3 Å². The number of carbonyl (C=O) groups is 1. The van der Waals surface area contributed by atoms with Crippen LogP contribution in [-0.2, 0) is 4.79 Å². The Hall–Kier alpha value is -1.82. The largest absolute Gasteiger partial charge is 0.481 e. The minimum Gasteiger partial charge on any atom is -0.481 e. The molecule has 0 saturated heterocycles. The molecule has 1 saturated carbocycles. The number of benzene rings is 1. The summed E-state index contributed by atoms with van der Waals surface area (Å²) >= 11 is 0. The van der Waals surface area contributed by atoms with Gasteiger partial charge in [-0.05, 0) is 23.1 Å². The van der Waals surface area contributed by atoms with Gasteiger partial charge in [-0.15, -0.1) is 0 Å². The third kappa shape index (κ3) is 1.47. The third-order valence-corrected chi connectivity index (χ3v) is 3.49. The molecule has 82 valence electrons. The van der Waals surface area contributed by atoms with Crippen molar-refractivity contribution < 1.29 is 9.90 Å². The Kier molecular flexibility index (Phi) is 2.23. The van der Waals surface area contributed by atoms with Crippen LogP contribution in [0.1, 0.15) is 30.9 Å². The Balaban J connectivity index is 2.27. The van der Waals surface area contributed by atoms with Crippen LogP contribution < -0.4 is 0 Å². The summed E-state index contributed by atoms with van der Waals surface area (Å²) in [6.45, 7) is 3.93. The van der Waals surface area contributed by atoms with Gasteiger partial charge < -0.3 is 5.11 Å². The van der Waals surface area contributed by atoms with Crippen molar-refractivity contribution in [1.29, 1.82) is 5.26 Å². The summed E-state index contributed by atoms with van der Waals surface area (Å²) in [6, 6.07) is 9.24. The zero-order valence-electron chi connectivity index (χ0n) is 9.27. The summed E-state index contributed by atoms with van der Waals surface area (Å²) in [5.74, 6) is -0.975. The first-order valence-electron chi connectivity index (χ1n) is 5.21. The molecule has 1 aliphatic rings. The van der Waals surface area contributed by atoms with Crippen LogP contribution in [0.3, 0.4) is 0 Å². The van der Waals surface area contributed by atoms with E-state index in [9.17, 15) is 4.79 Å². The van der Waals surface area contributed by atoms with E-state index in [0.29, 0.717) is 5.56 Å². The molecule has 0 radical (unpaired) electrons. The fourth-order valence-electron chi connectivity index (χ4n) is 2.49. The maximum atomic E-state index is 11.0. The van der Waals surface area contributed by atoms with Gasteiger partial charge in [-0.3, -0.25) is 4.79 Å². The lowest BCUT2D eigenvalue weighted by atomic mass is 10.0. The zero-order chi connectivity index (χ0) is 11.9. The zero-order valence-corrected chi connectivity index (χ0v) is 9.27. The van der Waals surface area contributed by atoms with Crippen molar-refractivity contribution in [3.63, 3.8) is 0 Å². The van der Waals surface area contributed by atoms with Crippen LogP contribution in [0, 0.1) is 22.7 Å². The monoisotopic (exact) mass is 215 g/mol. The Morgan fingerprint density at radius 2 is 1.94 bits per heavy atom. The highest BCUT2D eigenvalue weighted by Crippen LogP contribution is 2.64. The van der Waals surface area contributed by atoms with E-state index >= 15 is 0 Å². The molecule has 3 heteroatoms. The molecule has 0 heterocycles. The molecule has 1 N–H and O–H groups in total. The fourth-order valence-corrected chi connectivity index (χ4v) is 2.49. The molecule has 0 amide bonds. The van der Waals surface area contributed by atoms with Crippen molar-refractivity contribution in [3.05, 3.63) is 35.4 Å². The lowest BCUT2D eigenvalue weighted by molar-refractivity contribution is -0.139. The number of hydrogen-bond acceptors (Lipinski definition) is 2. The van der Waals surface area contributed by atoms with Crippen molar-refractivity contribution in [2.24, 2.45) is 11.3 Å². The standard InChI is InChI=1S/C13H13NO2/c1-13(2)10(11(13)12(15)16)9-5-3-8(7-14)4-6-9/h3-6,10-11H,1-2H3,(H,15,16). The van der Waals surface area contributed by atoms with Gasteiger partial charge in [0.15, 0.2) is 0 Å². The van der Waals surface area contributed by atoms with Gasteiger partial charge in [0.1, 0.15) is 0 Å². The van der Waals surface area contributed by atoms with E-state index in [1.54, 1.807) is 12.1 Å². The quantitative estimate of drug-likeness (QED) is 0.823. The van der Waals surface area contributed by atoms with Crippen LogP contribution in [-0.4, -0.2) is 11.1 Å². The SMILES string of the molecule is CC1(C)C(C(=O)O)C1c1ccc(C#N)cc1. The summed E-state index contributed by atoms with van der Waals surface area (Å²) in [4.78, 5) is 11.0. The summed E-state index contributed by atoms with van der Waals surface area (Å²) in [5, 5.41) is 17.8. The number of nitriles is 1. The Morgan fingerprint density at radius 3 is 2.31 bits per heavy atom. The molecule has 2 rings (SSSR count). The molecule has 0 bridgehead atoms. The second kappa shape index (κ2) is 3.34. The summed E-state index contributed by atoms with van der Waals surface area (Å²) in [7, 11) is 0. The van der Waals surface area contributed by atoms with E-state index < -0.39 is 5.97 Å². The van der Waals surface area contributed by atoms with Crippen LogP contribution >= 0.6 is 0 Å². The maximum Gasteiger partial charge on any atom is 0.307 e. The number of rotatable bonds is 2. The number of hydrogen-bond donors (Lipinski definition) is 1. The predicted molar refractivity (Wildman–Crippen MR) is 58.8 cm³/mol. The van der Waals surface area contributed by atoms with E-state index in [0.717, 1.165) is 5.56 Å². The Labute approximate surface area is 94.3 Å². The van der Waals surface area contributed by atoms with Crippen LogP contribution in [0.25, 0.3) is 0 Å². The number of carboxylic acid groups (broad SMARTS) is 1. The molecule has 16 heavy (non-hydrogen) atoms. The molecule has 0 aliphatic heterocycles. The first-order valence-corrected chi connectivity index (χ1v) is 5.21. The molecular weight excluding hydrogens is 202 g/mol. The minimum atomic E-state index is -0.737. The maximum absolute atomic E-state index is 11.0. The molecule has 2 unspecified atom stereocenters. The first kappa shape index (κ1) is 10.7. The van der Waals surface area contributed by atoms with Gasteiger partial charge >= 0.3 is 5.97 Å². The molecule has 1 fully saturated rings. The van der Waals surface area contributed by atoms with Crippen molar-refractivity contribution >= 4 is 5.97 Å². The van der Waals surface area contributed by atoms with Crippen molar-refractivity contribution in [3.8, 4) is 6.07 Å². The molecule has 2 atom stereocenters. The average molecular weight is 215 g/mol. The van der Waals surface area contributed by atoms with Gasteiger partial charge in [0.2, 0.25) is 0 Å². The summed E-state index contributed by atoms with van der Waals surface area (Å²) in [5.41, 5.74) is 1.44. The molecule has 0 aromatic heterocycles. The average Bonchev–Trinajstić information content (AvgIpc) is 2.82. The fraction of sp³-hybridized carbons (Fsp3) is 0.385. The topological polar surface area (TPSA) is 61.1 Å². The van der Waals surface area contributed by atoms with E-state index in [4.69, 9.17) is 10.4 Å². The van der Waals surface area contributed by atoms with E-state index in [1.807, 2.05) is 26.0 Å². The third-order valence-electron chi connectivity index (χ3n) is 3.49. The second-order valence-electron chi connectivity index (χ2n) is 4.85. The summed E-state index contributed by atoms with van der Waals surface area (Å²) in [6.07, 6.45) is 0. The smallest absolute Gasteiger partial charge is 0.307 e. The predicted octanol–water partition coefficient (Wildman–Crippen LogP) is 2.38. The first-order chi connectivity index (χ1) is 7.48. The number of nitrogens with zero attached hydrogens (tertiary/aromatic N) is 1. The molecule has 1 aliphatic carbocycles. The Bertz CT molecular complexity index is 468. The number of aliphatic carboxylic acids is 1. The van der Waals surface area contributed by atoms with Crippen molar-refractivity contribution in [2.75, 3.05) is 0 Å². The van der Waals surface area contributed by atoms with Crippen molar-refractivity contribution in [1.82, 2.24) is 0 Å². The highest BCUT2D eigenvalue weighted by atomic mass is 16.4. The van der Waals surface area contributed by atoms with Crippen LogP contribution in [0.15, 0.2) is 24.3 Å². The molecule has 1 aromatic rings. The van der Waals surface area contributed by atoms with Gasteiger partial charge in [-0.25, -0.2) is 0 Å². The lowest BCUT2D eigenvalue weighted by Crippen LogP contribution is -2.03. The molecule has 0 spiro atoms. The lowest BCUT2D eigenvalue weighted by Gasteiger charge is -2.02. The molecule has 3 nitrogen and oxygen atoms in total. The highest BCUT2D eigenvalue weighted by molar-refractivity contribution is 5.77. The van der Waals surface area contributed by atoms with E-state index in [1.165, 1.54) is 0 Å². The van der Waals surface area contributed by atoms with Crippen LogP contribution in [0.2, 0.25) is 0 Å². The van der Waals surface area contributed by atoms with E-state index in [2.05, 4.69) is 6.07 Å². The van der Waals surface area contributed by atoms with Crippen LogP contribution in [0.5, 0.6) is 0 Å². The molecular formula is C13H13NO2. The number of carboxylic acids is 1. The van der Waals surface area contributed by atoms with Gasteiger partial charge in [0.25, 0.3) is 0 Å².